The summed E-state index contributed by atoms with van der Waals surface area (Å²) in [6.07, 6.45) is 11.7. The van der Waals surface area contributed by atoms with Crippen molar-refractivity contribution in [1.29, 1.82) is 0 Å². The smallest absolute Gasteiger partial charge is 0.223 e. The molecule has 2 atom stereocenters. The van der Waals surface area contributed by atoms with Gasteiger partial charge in [-0.15, -0.1) is 0 Å². The predicted molar refractivity (Wildman–Crippen MR) is 74.1 cm³/mol. The van der Waals surface area contributed by atoms with E-state index in [1.54, 1.807) is 0 Å². The van der Waals surface area contributed by atoms with Crippen molar-refractivity contribution in [3.05, 3.63) is 11.6 Å². The van der Waals surface area contributed by atoms with Gasteiger partial charge in [0.2, 0.25) is 5.91 Å². The first-order valence-electron chi connectivity index (χ1n) is 7.47. The molecule has 0 aromatic heterocycles. The van der Waals surface area contributed by atoms with Gasteiger partial charge in [-0.05, 0) is 51.0 Å². The van der Waals surface area contributed by atoms with Crippen LogP contribution in [-0.4, -0.2) is 19.0 Å². The lowest BCUT2D eigenvalue weighted by molar-refractivity contribution is -0.127. The van der Waals surface area contributed by atoms with Gasteiger partial charge in [0.15, 0.2) is 0 Å². The average Bonchev–Trinajstić information content (AvgIpc) is 2.91. The van der Waals surface area contributed by atoms with Crippen LogP contribution in [0.2, 0.25) is 0 Å². The number of nitrogens with two attached hydrogens (primary N) is 1. The van der Waals surface area contributed by atoms with Crippen molar-refractivity contribution in [1.82, 2.24) is 5.32 Å². The number of carbonyl (C=O) groups excluding carboxylic acids is 1. The first-order chi connectivity index (χ1) is 8.81. The van der Waals surface area contributed by atoms with Crippen LogP contribution < -0.4 is 11.1 Å². The summed E-state index contributed by atoms with van der Waals surface area (Å²) in [6, 6.07) is 0. The van der Waals surface area contributed by atoms with E-state index in [0.717, 1.165) is 25.8 Å². The minimum absolute atomic E-state index is 0.168. The molecule has 2 unspecified atom stereocenters. The summed E-state index contributed by atoms with van der Waals surface area (Å²) in [5.74, 6) is 0.814. The third-order valence-electron chi connectivity index (χ3n) is 4.43. The van der Waals surface area contributed by atoms with Gasteiger partial charge < -0.3 is 11.1 Å². The molecule has 0 heterocycles. The molecule has 18 heavy (non-hydrogen) atoms. The van der Waals surface area contributed by atoms with E-state index < -0.39 is 0 Å². The zero-order valence-electron chi connectivity index (χ0n) is 11.3. The van der Waals surface area contributed by atoms with E-state index in [1.807, 2.05) is 0 Å². The third kappa shape index (κ3) is 3.58. The second-order valence-corrected chi connectivity index (χ2v) is 5.68. The second-order valence-electron chi connectivity index (χ2n) is 5.68. The Bertz CT molecular complexity index is 312. The Labute approximate surface area is 110 Å². The zero-order valence-corrected chi connectivity index (χ0v) is 11.3. The van der Waals surface area contributed by atoms with Crippen LogP contribution >= 0.6 is 0 Å². The normalized spacial score (nSPS) is 27.9. The molecule has 3 nitrogen and oxygen atoms in total. The van der Waals surface area contributed by atoms with Crippen molar-refractivity contribution in [2.75, 3.05) is 13.1 Å². The van der Waals surface area contributed by atoms with Gasteiger partial charge >= 0.3 is 0 Å². The molecular formula is C15H26N2O. The molecule has 0 aliphatic heterocycles. The van der Waals surface area contributed by atoms with Crippen molar-refractivity contribution in [2.24, 2.45) is 17.6 Å². The lowest BCUT2D eigenvalue weighted by atomic mass is 9.79. The van der Waals surface area contributed by atoms with E-state index in [9.17, 15) is 4.79 Å². The second kappa shape index (κ2) is 6.93. The summed E-state index contributed by atoms with van der Waals surface area (Å²) in [7, 11) is 0. The SMILES string of the molecule is NCC1CCCCC1C(=O)NCCC1=CCCC1. The molecule has 102 valence electrons. The minimum atomic E-state index is 0.168. The minimum Gasteiger partial charge on any atom is -0.356 e. The number of allylic oxidation sites excluding steroid dienone is 1. The van der Waals surface area contributed by atoms with Crippen LogP contribution in [0, 0.1) is 11.8 Å². The van der Waals surface area contributed by atoms with E-state index in [4.69, 9.17) is 5.73 Å². The monoisotopic (exact) mass is 250 g/mol. The van der Waals surface area contributed by atoms with Gasteiger partial charge in [0.25, 0.3) is 0 Å². The van der Waals surface area contributed by atoms with Crippen molar-refractivity contribution >= 4 is 5.91 Å². The summed E-state index contributed by atoms with van der Waals surface area (Å²) in [5, 5.41) is 3.11. The Hall–Kier alpha value is -0.830. The highest BCUT2D eigenvalue weighted by Gasteiger charge is 2.29. The number of carbonyl (C=O) groups is 1. The lowest BCUT2D eigenvalue weighted by Gasteiger charge is -2.29. The summed E-state index contributed by atoms with van der Waals surface area (Å²) < 4.78 is 0. The van der Waals surface area contributed by atoms with Crippen LogP contribution in [0.5, 0.6) is 0 Å². The molecule has 1 amide bonds. The molecule has 0 bridgehead atoms. The number of hydrogen-bond acceptors (Lipinski definition) is 2. The fourth-order valence-corrected chi connectivity index (χ4v) is 3.28. The Morgan fingerprint density at radius 3 is 2.89 bits per heavy atom. The zero-order chi connectivity index (χ0) is 12.8. The summed E-state index contributed by atoms with van der Waals surface area (Å²) in [5.41, 5.74) is 7.29. The first-order valence-corrected chi connectivity index (χ1v) is 7.47. The van der Waals surface area contributed by atoms with Crippen LogP contribution in [-0.2, 0) is 4.79 Å². The van der Waals surface area contributed by atoms with Crippen LogP contribution in [0.1, 0.15) is 51.4 Å². The Morgan fingerprint density at radius 2 is 2.17 bits per heavy atom. The van der Waals surface area contributed by atoms with Crippen molar-refractivity contribution < 1.29 is 4.79 Å². The molecule has 0 spiro atoms. The molecule has 0 saturated heterocycles. The van der Waals surface area contributed by atoms with E-state index in [2.05, 4.69) is 11.4 Å². The van der Waals surface area contributed by atoms with Gasteiger partial charge in [0.1, 0.15) is 0 Å². The van der Waals surface area contributed by atoms with Crippen LogP contribution in [0.3, 0.4) is 0 Å². The standard InChI is InChI=1S/C15H26N2O/c16-11-13-7-3-4-8-14(13)15(18)17-10-9-12-5-1-2-6-12/h5,13-14H,1-4,6-11,16H2,(H,17,18). The fourth-order valence-electron chi connectivity index (χ4n) is 3.28. The molecule has 3 N–H and O–H groups in total. The summed E-state index contributed by atoms with van der Waals surface area (Å²) >= 11 is 0. The lowest BCUT2D eigenvalue weighted by Crippen LogP contribution is -2.39. The highest BCUT2D eigenvalue weighted by molar-refractivity contribution is 5.79. The number of rotatable bonds is 5. The Kier molecular flexibility index (Phi) is 5.24. The first kappa shape index (κ1) is 13.6. The third-order valence-corrected chi connectivity index (χ3v) is 4.43. The van der Waals surface area contributed by atoms with Crippen molar-refractivity contribution in [3.8, 4) is 0 Å². The molecule has 2 aliphatic carbocycles. The molecule has 1 fully saturated rings. The van der Waals surface area contributed by atoms with Gasteiger partial charge in [-0.2, -0.15) is 0 Å². The Balaban J connectivity index is 1.72. The van der Waals surface area contributed by atoms with Gasteiger partial charge in [0.05, 0.1) is 0 Å². The molecular weight excluding hydrogens is 224 g/mol. The molecule has 3 heteroatoms. The molecule has 2 rings (SSSR count). The number of amides is 1. The molecule has 0 aromatic rings. The molecule has 0 radical (unpaired) electrons. The van der Waals surface area contributed by atoms with E-state index >= 15 is 0 Å². The van der Waals surface area contributed by atoms with Gasteiger partial charge in [0, 0.05) is 12.5 Å². The molecule has 0 aromatic carbocycles. The summed E-state index contributed by atoms with van der Waals surface area (Å²) in [6.45, 7) is 1.46. The number of nitrogens with one attached hydrogen (secondary N) is 1. The quantitative estimate of drug-likeness (QED) is 0.736. The highest BCUT2D eigenvalue weighted by Crippen LogP contribution is 2.29. The highest BCUT2D eigenvalue weighted by atomic mass is 16.1. The van der Waals surface area contributed by atoms with Gasteiger partial charge in [-0.25, -0.2) is 0 Å². The maximum Gasteiger partial charge on any atom is 0.223 e. The largest absolute Gasteiger partial charge is 0.356 e. The molecule has 2 aliphatic rings. The average molecular weight is 250 g/mol. The van der Waals surface area contributed by atoms with E-state index in [-0.39, 0.29) is 11.8 Å². The maximum atomic E-state index is 12.2. The maximum absolute atomic E-state index is 12.2. The number of hydrogen-bond donors (Lipinski definition) is 2. The van der Waals surface area contributed by atoms with Crippen LogP contribution in [0.4, 0.5) is 0 Å². The van der Waals surface area contributed by atoms with E-state index in [0.29, 0.717) is 12.5 Å². The topological polar surface area (TPSA) is 55.1 Å². The van der Waals surface area contributed by atoms with E-state index in [1.165, 1.54) is 37.7 Å². The predicted octanol–water partition coefficient (Wildman–Crippen LogP) is 2.37. The Morgan fingerprint density at radius 1 is 1.33 bits per heavy atom. The fraction of sp³-hybridized carbons (Fsp3) is 0.800. The van der Waals surface area contributed by atoms with Crippen LogP contribution in [0.15, 0.2) is 11.6 Å². The van der Waals surface area contributed by atoms with Crippen molar-refractivity contribution in [3.63, 3.8) is 0 Å². The van der Waals surface area contributed by atoms with Gasteiger partial charge in [-0.3, -0.25) is 4.79 Å². The molecule has 1 saturated carbocycles. The van der Waals surface area contributed by atoms with Gasteiger partial charge in [-0.1, -0.05) is 24.5 Å². The summed E-state index contributed by atoms with van der Waals surface area (Å²) in [4.78, 5) is 12.2. The van der Waals surface area contributed by atoms with Crippen molar-refractivity contribution in [2.45, 2.75) is 51.4 Å². The van der Waals surface area contributed by atoms with Crippen LogP contribution in [0.25, 0.3) is 0 Å².